The summed E-state index contributed by atoms with van der Waals surface area (Å²) in [6.07, 6.45) is -4.74. The molecular formula is C7H5F3O3. The van der Waals surface area contributed by atoms with Crippen molar-refractivity contribution >= 4 is 6.29 Å². The third-order valence-corrected chi connectivity index (χ3v) is 1.50. The number of halogens is 3. The average molecular weight is 194 g/mol. The number of aldehydes is 1. The maximum atomic E-state index is 12.1. The third-order valence-electron chi connectivity index (χ3n) is 1.50. The molecule has 0 amide bonds. The quantitative estimate of drug-likeness (QED) is 0.720. The first-order valence-electron chi connectivity index (χ1n) is 3.21. The molecule has 0 fully saturated rings. The lowest BCUT2D eigenvalue weighted by Gasteiger charge is -2.21. The van der Waals surface area contributed by atoms with E-state index in [-0.39, 0.29) is 0 Å². The summed E-state index contributed by atoms with van der Waals surface area (Å²) in [6, 6.07) is 2.03. The molecule has 0 aliphatic carbocycles. The Morgan fingerprint density at radius 1 is 1.46 bits per heavy atom. The van der Waals surface area contributed by atoms with E-state index in [2.05, 4.69) is 4.42 Å². The largest absolute Gasteiger partial charge is 0.465 e. The highest BCUT2D eigenvalue weighted by Gasteiger charge is 2.57. The summed E-state index contributed by atoms with van der Waals surface area (Å²) in [5.74, 6) is -0.838. The van der Waals surface area contributed by atoms with E-state index in [0.717, 1.165) is 18.4 Å². The summed E-state index contributed by atoms with van der Waals surface area (Å²) in [4.78, 5) is 10.1. The predicted octanol–water partition coefficient (Wildman–Crippen LogP) is 1.23. The van der Waals surface area contributed by atoms with Crippen LogP contribution in [-0.4, -0.2) is 17.6 Å². The van der Waals surface area contributed by atoms with Crippen LogP contribution < -0.4 is 0 Å². The first-order valence-corrected chi connectivity index (χ1v) is 3.21. The van der Waals surface area contributed by atoms with E-state index in [9.17, 15) is 18.0 Å². The third kappa shape index (κ3) is 1.44. The van der Waals surface area contributed by atoms with Gasteiger partial charge in [-0.2, -0.15) is 13.2 Å². The fourth-order valence-corrected chi connectivity index (χ4v) is 0.760. The molecule has 1 N–H and O–H groups in total. The molecule has 0 radical (unpaired) electrons. The zero-order valence-corrected chi connectivity index (χ0v) is 6.21. The summed E-state index contributed by atoms with van der Waals surface area (Å²) >= 11 is 0. The summed E-state index contributed by atoms with van der Waals surface area (Å²) in [7, 11) is 0. The van der Waals surface area contributed by atoms with Gasteiger partial charge in [0.2, 0.25) is 0 Å². The molecule has 1 atom stereocenters. The molecule has 6 heteroatoms. The van der Waals surface area contributed by atoms with E-state index in [1.54, 1.807) is 0 Å². The topological polar surface area (TPSA) is 50.4 Å². The molecule has 0 saturated heterocycles. The standard InChI is InChI=1S/C7H5F3O3/c8-7(9,10)6(12,4-11)5-2-1-3-13-5/h1-4,12H/t6-/m1/s1. The zero-order valence-electron chi connectivity index (χ0n) is 6.21. The Bertz CT molecular complexity index is 290. The van der Waals surface area contributed by atoms with Crippen molar-refractivity contribution in [3.05, 3.63) is 24.2 Å². The molecule has 1 aromatic heterocycles. The molecule has 0 unspecified atom stereocenters. The average Bonchev–Trinajstić information content (AvgIpc) is 2.52. The van der Waals surface area contributed by atoms with Crippen LogP contribution in [0.3, 0.4) is 0 Å². The van der Waals surface area contributed by atoms with E-state index >= 15 is 0 Å². The minimum Gasteiger partial charge on any atom is -0.465 e. The number of carbonyl (C=O) groups excluding carboxylic acids is 1. The molecule has 0 aliphatic rings. The Labute approximate surface area is 70.8 Å². The lowest BCUT2D eigenvalue weighted by atomic mass is 10.0. The molecule has 13 heavy (non-hydrogen) atoms. The number of hydrogen-bond donors (Lipinski definition) is 1. The van der Waals surface area contributed by atoms with E-state index in [1.165, 1.54) is 0 Å². The van der Waals surface area contributed by atoms with Crippen LogP contribution in [0.1, 0.15) is 5.76 Å². The molecule has 0 aromatic carbocycles. The van der Waals surface area contributed by atoms with Gasteiger partial charge in [-0.1, -0.05) is 0 Å². The lowest BCUT2D eigenvalue weighted by molar-refractivity contribution is -0.254. The van der Waals surface area contributed by atoms with Gasteiger partial charge in [-0.15, -0.1) is 0 Å². The first kappa shape index (κ1) is 9.79. The van der Waals surface area contributed by atoms with Crippen molar-refractivity contribution in [1.82, 2.24) is 0 Å². The minimum atomic E-state index is -5.08. The van der Waals surface area contributed by atoms with Crippen LogP contribution in [0.5, 0.6) is 0 Å². The zero-order chi connectivity index (χ0) is 10.1. The summed E-state index contributed by atoms with van der Waals surface area (Å²) in [5, 5.41) is 8.93. The summed E-state index contributed by atoms with van der Waals surface area (Å²) in [5.41, 5.74) is -3.55. The SMILES string of the molecule is O=C[C@@](O)(c1ccco1)C(F)(F)F. The second kappa shape index (κ2) is 2.88. The van der Waals surface area contributed by atoms with Crippen molar-refractivity contribution in [2.75, 3.05) is 0 Å². The highest BCUT2D eigenvalue weighted by molar-refractivity contribution is 5.65. The Morgan fingerprint density at radius 3 is 2.38 bits per heavy atom. The van der Waals surface area contributed by atoms with E-state index < -0.39 is 23.8 Å². The van der Waals surface area contributed by atoms with Gasteiger partial charge < -0.3 is 9.52 Å². The highest BCUT2D eigenvalue weighted by Crippen LogP contribution is 2.37. The van der Waals surface area contributed by atoms with Gasteiger partial charge >= 0.3 is 6.18 Å². The van der Waals surface area contributed by atoms with Gasteiger partial charge in [0.05, 0.1) is 6.26 Å². The second-order valence-electron chi connectivity index (χ2n) is 2.36. The number of carbonyl (C=O) groups is 1. The fourth-order valence-electron chi connectivity index (χ4n) is 0.760. The van der Waals surface area contributed by atoms with Crippen molar-refractivity contribution in [3.63, 3.8) is 0 Å². The van der Waals surface area contributed by atoms with Crippen molar-refractivity contribution in [2.24, 2.45) is 0 Å². The monoisotopic (exact) mass is 194 g/mol. The maximum Gasteiger partial charge on any atom is 0.431 e. The van der Waals surface area contributed by atoms with Crippen molar-refractivity contribution in [2.45, 2.75) is 11.8 Å². The Hall–Kier alpha value is -1.30. The van der Waals surface area contributed by atoms with Crippen LogP contribution in [0.25, 0.3) is 0 Å². The van der Waals surface area contributed by atoms with Crippen LogP contribution >= 0.6 is 0 Å². The maximum absolute atomic E-state index is 12.1. The van der Waals surface area contributed by atoms with Gasteiger partial charge in [0.25, 0.3) is 5.60 Å². The number of rotatable bonds is 2. The normalized spacial score (nSPS) is 16.6. The molecular weight excluding hydrogens is 189 g/mol. The van der Waals surface area contributed by atoms with Crippen LogP contribution in [0, 0.1) is 0 Å². The number of aliphatic hydroxyl groups is 1. The second-order valence-corrected chi connectivity index (χ2v) is 2.36. The van der Waals surface area contributed by atoms with Crippen LogP contribution in [-0.2, 0) is 10.4 Å². The fraction of sp³-hybridized carbons (Fsp3) is 0.286. The molecule has 0 spiro atoms. The molecule has 1 heterocycles. The minimum absolute atomic E-state index is 0.605. The van der Waals surface area contributed by atoms with Crippen molar-refractivity contribution < 1.29 is 27.5 Å². The molecule has 3 nitrogen and oxygen atoms in total. The number of hydrogen-bond acceptors (Lipinski definition) is 3. The molecule has 72 valence electrons. The summed E-state index contributed by atoms with van der Waals surface area (Å²) < 4.78 is 40.7. The van der Waals surface area contributed by atoms with E-state index in [0.29, 0.717) is 0 Å². The molecule has 1 rings (SSSR count). The van der Waals surface area contributed by atoms with Gasteiger partial charge in [-0.05, 0) is 12.1 Å². The van der Waals surface area contributed by atoms with Crippen LogP contribution in [0.4, 0.5) is 13.2 Å². The van der Waals surface area contributed by atoms with Gasteiger partial charge in [-0.3, -0.25) is 4.79 Å². The van der Waals surface area contributed by atoms with Crippen molar-refractivity contribution in [1.29, 1.82) is 0 Å². The molecule has 0 aliphatic heterocycles. The van der Waals surface area contributed by atoms with Gasteiger partial charge in [0, 0.05) is 0 Å². The smallest absolute Gasteiger partial charge is 0.431 e. The Morgan fingerprint density at radius 2 is 2.08 bits per heavy atom. The Balaban J connectivity index is 3.16. The number of furan rings is 1. The van der Waals surface area contributed by atoms with Gasteiger partial charge in [-0.25, -0.2) is 0 Å². The van der Waals surface area contributed by atoms with E-state index in [4.69, 9.17) is 5.11 Å². The van der Waals surface area contributed by atoms with Gasteiger partial charge in [0.15, 0.2) is 12.0 Å². The predicted molar refractivity (Wildman–Crippen MR) is 34.7 cm³/mol. The van der Waals surface area contributed by atoms with Crippen molar-refractivity contribution in [3.8, 4) is 0 Å². The molecule has 1 aromatic rings. The van der Waals surface area contributed by atoms with Gasteiger partial charge in [0.1, 0.15) is 0 Å². The lowest BCUT2D eigenvalue weighted by Crippen LogP contribution is -2.43. The molecule has 0 saturated carbocycles. The van der Waals surface area contributed by atoms with Crippen LogP contribution in [0.2, 0.25) is 0 Å². The summed E-state index contributed by atoms with van der Waals surface area (Å²) in [6.45, 7) is 0. The van der Waals surface area contributed by atoms with E-state index in [1.807, 2.05) is 0 Å². The highest BCUT2D eigenvalue weighted by atomic mass is 19.4. The Kier molecular flexibility index (Phi) is 2.17. The van der Waals surface area contributed by atoms with Crippen LogP contribution in [0.15, 0.2) is 22.8 Å². The number of alkyl halides is 3. The molecule has 0 bridgehead atoms. The first-order chi connectivity index (χ1) is 5.92.